The van der Waals surface area contributed by atoms with Crippen LogP contribution in [0.25, 0.3) is 11.4 Å². The number of nitrogens with two attached hydrogens (primary N) is 2. The van der Waals surface area contributed by atoms with Crippen molar-refractivity contribution in [1.29, 1.82) is 5.41 Å². The number of benzene rings is 1. The van der Waals surface area contributed by atoms with Crippen LogP contribution >= 0.6 is 0 Å². The largest absolute Gasteiger partial charge is 0.507 e. The van der Waals surface area contributed by atoms with Crippen molar-refractivity contribution < 1.29 is 5.11 Å². The molecule has 2 rings (SSSR count). The highest BCUT2D eigenvalue weighted by Gasteiger charge is 2.14. The minimum atomic E-state index is 0.0546. The summed E-state index contributed by atoms with van der Waals surface area (Å²) < 4.78 is 0. The van der Waals surface area contributed by atoms with Gasteiger partial charge in [0.15, 0.2) is 5.82 Å². The Kier molecular flexibility index (Phi) is 6.30. The summed E-state index contributed by atoms with van der Waals surface area (Å²) in [5, 5.41) is 18.3. The van der Waals surface area contributed by atoms with Crippen molar-refractivity contribution in [2.45, 2.75) is 26.3 Å². The van der Waals surface area contributed by atoms with E-state index in [4.69, 9.17) is 16.9 Å². The van der Waals surface area contributed by atoms with Gasteiger partial charge in [-0.15, -0.1) is 0 Å². The van der Waals surface area contributed by atoms with Crippen molar-refractivity contribution in [3.63, 3.8) is 0 Å². The van der Waals surface area contributed by atoms with Crippen LogP contribution in [0.5, 0.6) is 5.75 Å². The molecule has 2 aromatic rings. The van der Waals surface area contributed by atoms with Gasteiger partial charge in [0.05, 0.1) is 11.3 Å². The van der Waals surface area contributed by atoms with Gasteiger partial charge in [0.25, 0.3) is 0 Å². The van der Waals surface area contributed by atoms with Crippen LogP contribution < -0.4 is 16.4 Å². The van der Waals surface area contributed by atoms with Crippen molar-refractivity contribution in [2.75, 3.05) is 18.5 Å². The Balaban J connectivity index is 2.45. The van der Waals surface area contributed by atoms with Gasteiger partial charge in [-0.25, -0.2) is 9.97 Å². The quantitative estimate of drug-likeness (QED) is 0.565. The number of allylic oxidation sites excluding steroid dienone is 1. The number of likely N-dealkylation sites (N-methyl/N-ethyl adjacent to an activating group) is 1. The average Bonchev–Trinajstić information content (AvgIpc) is 2.61. The second-order valence-corrected chi connectivity index (χ2v) is 6.24. The van der Waals surface area contributed by atoms with E-state index >= 15 is 0 Å². The number of anilines is 1. The van der Waals surface area contributed by atoms with Gasteiger partial charge in [0, 0.05) is 37.0 Å². The molecule has 7 nitrogen and oxygen atoms in total. The number of phenolic OH excluding ortho intramolecular Hbond substituents is 1. The predicted octanol–water partition coefficient (Wildman–Crippen LogP) is 2.17. The first-order valence-corrected chi connectivity index (χ1v) is 8.48. The van der Waals surface area contributed by atoms with Gasteiger partial charge in [0.2, 0.25) is 0 Å². The number of rotatable bonds is 7. The molecule has 0 aliphatic heterocycles. The highest BCUT2D eigenvalue weighted by molar-refractivity contribution is 6.07. The lowest BCUT2D eigenvalue weighted by Crippen LogP contribution is -2.35. The molecule has 7 heteroatoms. The maximum absolute atomic E-state index is 10.3. The predicted molar refractivity (Wildman–Crippen MR) is 106 cm³/mol. The van der Waals surface area contributed by atoms with Crippen molar-refractivity contribution in [1.82, 2.24) is 9.97 Å². The first-order valence-electron chi connectivity index (χ1n) is 8.48. The van der Waals surface area contributed by atoms with Crippen LogP contribution in [0.4, 0.5) is 5.82 Å². The number of aromatic hydroxyl groups is 1. The van der Waals surface area contributed by atoms with Crippen molar-refractivity contribution in [3.8, 4) is 17.1 Å². The Morgan fingerprint density at radius 1 is 1.35 bits per heavy atom. The maximum atomic E-state index is 10.3. The fourth-order valence-electron chi connectivity index (χ4n) is 2.52. The number of nitrogens with zero attached hydrogens (tertiary/aromatic N) is 3. The molecule has 0 fully saturated rings. The summed E-state index contributed by atoms with van der Waals surface area (Å²) in [5.74, 6) is 1.20. The van der Waals surface area contributed by atoms with Gasteiger partial charge >= 0.3 is 0 Å². The topological polar surface area (TPSA) is 125 Å². The third-order valence-corrected chi connectivity index (χ3v) is 4.08. The van der Waals surface area contributed by atoms with Crippen LogP contribution in [0.15, 0.2) is 36.5 Å². The van der Waals surface area contributed by atoms with Crippen LogP contribution in [-0.2, 0) is 0 Å². The highest BCUT2D eigenvalue weighted by atomic mass is 16.3. The molecular weight excluding hydrogens is 328 g/mol. The summed E-state index contributed by atoms with van der Waals surface area (Å²) in [7, 11) is 1.93. The SMILES string of the molecule is CC[C@@H](N)CN(C)c1cc(C)nc(-c2cc(C(=N)/C=C\N)ccc2O)n1. The smallest absolute Gasteiger partial charge is 0.165 e. The average molecular weight is 354 g/mol. The Morgan fingerprint density at radius 3 is 2.73 bits per heavy atom. The van der Waals surface area contributed by atoms with Crippen LogP contribution in [-0.4, -0.2) is 40.4 Å². The second-order valence-electron chi connectivity index (χ2n) is 6.24. The molecule has 0 saturated heterocycles. The number of aryl methyl sites for hydroxylation is 1. The van der Waals surface area contributed by atoms with E-state index < -0.39 is 0 Å². The van der Waals surface area contributed by atoms with E-state index in [1.165, 1.54) is 18.3 Å². The van der Waals surface area contributed by atoms with E-state index in [0.717, 1.165) is 17.9 Å². The number of nitrogens with one attached hydrogen (secondary N) is 1. The van der Waals surface area contributed by atoms with Gasteiger partial charge in [-0.2, -0.15) is 0 Å². The van der Waals surface area contributed by atoms with E-state index in [1.54, 1.807) is 12.1 Å². The van der Waals surface area contributed by atoms with Gasteiger partial charge in [-0.1, -0.05) is 6.92 Å². The summed E-state index contributed by atoms with van der Waals surface area (Å²) in [4.78, 5) is 11.0. The third kappa shape index (κ3) is 4.58. The Bertz CT molecular complexity index is 818. The molecule has 0 amide bonds. The molecule has 1 heterocycles. The van der Waals surface area contributed by atoms with E-state index in [-0.39, 0.29) is 17.5 Å². The van der Waals surface area contributed by atoms with Gasteiger partial charge in [-0.3, -0.25) is 0 Å². The number of aromatic nitrogens is 2. The highest BCUT2D eigenvalue weighted by Crippen LogP contribution is 2.29. The monoisotopic (exact) mass is 354 g/mol. The fraction of sp³-hybridized carbons (Fsp3) is 0.316. The van der Waals surface area contributed by atoms with Gasteiger partial charge in [0.1, 0.15) is 11.6 Å². The first-order chi connectivity index (χ1) is 12.3. The molecule has 1 aromatic heterocycles. The van der Waals surface area contributed by atoms with Crippen LogP contribution in [0.2, 0.25) is 0 Å². The summed E-state index contributed by atoms with van der Waals surface area (Å²) in [5.41, 5.74) is 13.5. The second kappa shape index (κ2) is 8.44. The molecule has 26 heavy (non-hydrogen) atoms. The molecule has 0 aliphatic carbocycles. The zero-order valence-electron chi connectivity index (χ0n) is 15.4. The lowest BCUT2D eigenvalue weighted by atomic mass is 10.0. The van der Waals surface area contributed by atoms with Crippen LogP contribution in [0.1, 0.15) is 24.6 Å². The summed E-state index contributed by atoms with van der Waals surface area (Å²) in [6, 6.07) is 6.81. The molecular formula is C19H26N6O. The van der Waals surface area contributed by atoms with Crippen molar-refractivity contribution >= 4 is 11.5 Å². The molecule has 1 atom stereocenters. The summed E-state index contributed by atoms with van der Waals surface area (Å²) >= 11 is 0. The van der Waals surface area contributed by atoms with Crippen LogP contribution in [0, 0.1) is 12.3 Å². The van der Waals surface area contributed by atoms with E-state index in [1.807, 2.05) is 31.9 Å². The van der Waals surface area contributed by atoms with Gasteiger partial charge < -0.3 is 26.9 Å². The zero-order valence-corrected chi connectivity index (χ0v) is 15.4. The Hall–Kier alpha value is -2.93. The van der Waals surface area contributed by atoms with Gasteiger partial charge in [-0.05, 0) is 43.8 Å². The van der Waals surface area contributed by atoms with E-state index in [0.29, 0.717) is 23.5 Å². The first kappa shape index (κ1) is 19.4. The standard InChI is InChI=1S/C19H26N6O/c1-4-14(21)11-25(3)18-9-12(2)23-19(24-18)15-10-13(5-6-17(15)26)16(22)7-8-20/h5-10,14,22,26H,4,11,20-21H2,1-3H3/b8-7-,22-16?/t14-/m1/s1. The van der Waals surface area contributed by atoms with Crippen molar-refractivity contribution in [3.05, 3.63) is 47.8 Å². The molecule has 138 valence electrons. The lowest BCUT2D eigenvalue weighted by Gasteiger charge is -2.22. The molecule has 0 aliphatic rings. The molecule has 0 unspecified atom stereocenters. The molecule has 0 radical (unpaired) electrons. The number of phenols is 1. The van der Waals surface area contributed by atoms with Crippen molar-refractivity contribution in [2.24, 2.45) is 11.5 Å². The molecule has 6 N–H and O–H groups in total. The summed E-state index contributed by atoms with van der Waals surface area (Å²) in [6.45, 7) is 4.59. The normalized spacial score (nSPS) is 12.3. The number of hydrogen-bond acceptors (Lipinski definition) is 7. The maximum Gasteiger partial charge on any atom is 0.165 e. The molecule has 0 spiro atoms. The lowest BCUT2D eigenvalue weighted by molar-refractivity contribution is 0.477. The summed E-state index contributed by atoms with van der Waals surface area (Å²) in [6.07, 6.45) is 3.67. The Morgan fingerprint density at radius 2 is 2.08 bits per heavy atom. The Labute approximate surface area is 153 Å². The zero-order chi connectivity index (χ0) is 19.3. The number of hydrogen-bond donors (Lipinski definition) is 4. The third-order valence-electron chi connectivity index (χ3n) is 4.08. The minimum absolute atomic E-state index is 0.0546. The molecule has 0 bridgehead atoms. The molecule has 0 saturated carbocycles. The van der Waals surface area contributed by atoms with E-state index in [2.05, 4.69) is 9.97 Å². The fourth-order valence-corrected chi connectivity index (χ4v) is 2.52. The van der Waals surface area contributed by atoms with E-state index in [9.17, 15) is 5.11 Å². The molecule has 1 aromatic carbocycles. The van der Waals surface area contributed by atoms with Crippen LogP contribution in [0.3, 0.4) is 0 Å². The minimum Gasteiger partial charge on any atom is -0.507 e.